The number of carboxylic acids is 1. The summed E-state index contributed by atoms with van der Waals surface area (Å²) < 4.78 is 0. The number of aliphatic imine (C=N–C) groups is 1. The van der Waals surface area contributed by atoms with Gasteiger partial charge in [-0.15, -0.1) is 0 Å². The zero-order chi connectivity index (χ0) is 17.8. The van der Waals surface area contributed by atoms with Gasteiger partial charge in [-0.3, -0.25) is 0 Å². The second-order valence-electron chi connectivity index (χ2n) is 6.51. The van der Waals surface area contributed by atoms with Crippen LogP contribution < -0.4 is 10.6 Å². The van der Waals surface area contributed by atoms with Crippen molar-refractivity contribution in [2.75, 3.05) is 11.4 Å². The van der Waals surface area contributed by atoms with Gasteiger partial charge in [-0.1, -0.05) is 55.5 Å². The number of para-hydroxylation sites is 1. The van der Waals surface area contributed by atoms with Crippen molar-refractivity contribution >= 4 is 17.5 Å². The van der Waals surface area contributed by atoms with E-state index in [1.165, 1.54) is 0 Å². The molecule has 2 unspecified atom stereocenters. The molecule has 1 saturated heterocycles. The highest BCUT2D eigenvalue weighted by Gasteiger charge is 2.28. The number of nitrogens with two attached hydrogens (primary N) is 1. The van der Waals surface area contributed by atoms with Gasteiger partial charge in [0, 0.05) is 17.8 Å². The van der Waals surface area contributed by atoms with Crippen LogP contribution in [0.1, 0.15) is 19.8 Å². The van der Waals surface area contributed by atoms with Gasteiger partial charge in [-0.2, -0.15) is 0 Å². The first kappa shape index (κ1) is 17.0. The second-order valence-corrected chi connectivity index (χ2v) is 6.51. The molecule has 25 heavy (non-hydrogen) atoms. The van der Waals surface area contributed by atoms with Crippen LogP contribution in [0.2, 0.25) is 0 Å². The molecule has 0 bridgehead atoms. The molecule has 2 aromatic rings. The van der Waals surface area contributed by atoms with Crippen LogP contribution in [0.5, 0.6) is 0 Å². The molecule has 1 aliphatic rings. The van der Waals surface area contributed by atoms with Gasteiger partial charge < -0.3 is 15.7 Å². The number of amidine groups is 1. The van der Waals surface area contributed by atoms with Gasteiger partial charge in [0.2, 0.25) is 5.84 Å². The van der Waals surface area contributed by atoms with Crippen molar-refractivity contribution < 1.29 is 9.90 Å². The summed E-state index contributed by atoms with van der Waals surface area (Å²) in [6.45, 7) is 2.99. The number of hydrogen-bond acceptors (Lipinski definition) is 3. The zero-order valence-corrected chi connectivity index (χ0v) is 14.3. The van der Waals surface area contributed by atoms with E-state index in [4.69, 9.17) is 10.8 Å². The molecule has 130 valence electrons. The van der Waals surface area contributed by atoms with Crippen LogP contribution in [0.3, 0.4) is 0 Å². The molecule has 1 fully saturated rings. The average molecular weight is 337 g/mol. The molecule has 1 heterocycles. The van der Waals surface area contributed by atoms with Crippen molar-refractivity contribution in [3.8, 4) is 11.1 Å². The largest absolute Gasteiger partial charge is 0.475 e. The molecule has 2 atom stereocenters. The molecule has 1 aliphatic heterocycles. The maximum Gasteiger partial charge on any atom is 0.371 e. The highest BCUT2D eigenvalue weighted by atomic mass is 16.4. The molecule has 0 spiro atoms. The first-order valence-corrected chi connectivity index (χ1v) is 8.54. The predicted molar refractivity (Wildman–Crippen MR) is 101 cm³/mol. The normalized spacial score (nSPS) is 21.2. The Balaban J connectivity index is 2.02. The van der Waals surface area contributed by atoms with Gasteiger partial charge in [0.1, 0.15) is 6.17 Å². The Morgan fingerprint density at radius 2 is 1.84 bits per heavy atom. The van der Waals surface area contributed by atoms with Crippen LogP contribution >= 0.6 is 0 Å². The predicted octanol–water partition coefficient (Wildman–Crippen LogP) is 3.36. The number of hydrogen-bond donors (Lipinski definition) is 2. The quantitative estimate of drug-likeness (QED) is 0.665. The summed E-state index contributed by atoms with van der Waals surface area (Å²) in [5, 5.41) is 9.09. The van der Waals surface area contributed by atoms with Gasteiger partial charge in [0.25, 0.3) is 0 Å². The molecule has 5 nitrogen and oxygen atoms in total. The van der Waals surface area contributed by atoms with Crippen LogP contribution in [0.15, 0.2) is 59.6 Å². The van der Waals surface area contributed by atoms with Crippen LogP contribution in [0.4, 0.5) is 5.69 Å². The first-order valence-electron chi connectivity index (χ1n) is 8.54. The number of carboxylic acid groups (broad SMARTS) is 1. The van der Waals surface area contributed by atoms with E-state index in [9.17, 15) is 4.79 Å². The van der Waals surface area contributed by atoms with Crippen LogP contribution in [0, 0.1) is 5.92 Å². The highest BCUT2D eigenvalue weighted by Crippen LogP contribution is 2.35. The highest BCUT2D eigenvalue weighted by molar-refractivity contribution is 6.33. The van der Waals surface area contributed by atoms with Crippen molar-refractivity contribution in [1.29, 1.82) is 0 Å². The maximum atomic E-state index is 11.1. The molecule has 5 heteroatoms. The van der Waals surface area contributed by atoms with Gasteiger partial charge in [-0.05, 0) is 30.4 Å². The SMILES string of the molecule is CC1CCN(c2ccccc2-c2ccccc2)C(/N=C(\N)C(=O)O)C1. The third kappa shape index (κ3) is 3.82. The summed E-state index contributed by atoms with van der Waals surface area (Å²) in [6, 6.07) is 18.4. The number of piperidine rings is 1. The molecule has 0 aliphatic carbocycles. The van der Waals surface area contributed by atoms with E-state index >= 15 is 0 Å². The Hall–Kier alpha value is -2.82. The minimum atomic E-state index is -1.17. The number of benzene rings is 2. The van der Waals surface area contributed by atoms with E-state index < -0.39 is 5.97 Å². The average Bonchev–Trinajstić information content (AvgIpc) is 2.62. The van der Waals surface area contributed by atoms with Gasteiger partial charge in [0.15, 0.2) is 0 Å². The Kier molecular flexibility index (Phi) is 5.03. The van der Waals surface area contributed by atoms with Crippen molar-refractivity contribution in [3.05, 3.63) is 54.6 Å². The number of aliphatic carboxylic acids is 1. The number of carbonyl (C=O) groups is 1. The monoisotopic (exact) mass is 337 g/mol. The van der Waals surface area contributed by atoms with E-state index in [1.807, 2.05) is 30.3 Å². The number of rotatable bonds is 3. The van der Waals surface area contributed by atoms with Crippen molar-refractivity contribution in [2.24, 2.45) is 16.6 Å². The van der Waals surface area contributed by atoms with Crippen LogP contribution in [-0.4, -0.2) is 29.6 Å². The lowest BCUT2D eigenvalue weighted by atomic mass is 9.94. The summed E-state index contributed by atoms with van der Waals surface area (Å²) in [5.74, 6) is -1.02. The lowest BCUT2D eigenvalue weighted by molar-refractivity contribution is -0.129. The lowest BCUT2D eigenvalue weighted by Crippen LogP contribution is -2.43. The molecule has 0 saturated carbocycles. The van der Waals surface area contributed by atoms with Gasteiger partial charge in [-0.25, -0.2) is 9.79 Å². The third-order valence-corrected chi connectivity index (χ3v) is 4.64. The fourth-order valence-corrected chi connectivity index (χ4v) is 3.32. The third-order valence-electron chi connectivity index (χ3n) is 4.64. The number of nitrogens with zero attached hydrogens (tertiary/aromatic N) is 2. The molecule has 3 rings (SSSR count). The van der Waals surface area contributed by atoms with E-state index in [-0.39, 0.29) is 12.0 Å². The second kappa shape index (κ2) is 7.38. The molecular weight excluding hydrogens is 314 g/mol. The van der Waals surface area contributed by atoms with E-state index in [0.29, 0.717) is 5.92 Å². The summed E-state index contributed by atoms with van der Waals surface area (Å²) in [4.78, 5) is 17.6. The Labute approximate surface area is 147 Å². The molecule has 0 radical (unpaired) electrons. The number of anilines is 1. The van der Waals surface area contributed by atoms with Gasteiger partial charge in [0.05, 0.1) is 0 Å². The van der Waals surface area contributed by atoms with E-state index in [1.54, 1.807) is 0 Å². The standard InChI is InChI=1S/C20H23N3O2/c1-14-11-12-23(18(13-14)22-19(21)20(24)25)17-10-6-5-9-16(17)15-7-3-2-4-8-15/h2-10,14,18H,11-13H2,1H3,(H2,21,22)(H,24,25). The summed E-state index contributed by atoms with van der Waals surface area (Å²) in [5.41, 5.74) is 8.92. The van der Waals surface area contributed by atoms with E-state index in [0.717, 1.165) is 36.2 Å². The smallest absolute Gasteiger partial charge is 0.371 e. The molecule has 3 N–H and O–H groups in total. The molecule has 0 amide bonds. The fraction of sp³-hybridized carbons (Fsp3) is 0.300. The summed E-state index contributed by atoms with van der Waals surface area (Å²) in [7, 11) is 0. The minimum Gasteiger partial charge on any atom is -0.475 e. The fourth-order valence-electron chi connectivity index (χ4n) is 3.32. The molecule has 0 aromatic heterocycles. The van der Waals surface area contributed by atoms with Crippen molar-refractivity contribution in [2.45, 2.75) is 25.9 Å². The molecular formula is C20H23N3O2. The lowest BCUT2D eigenvalue weighted by Gasteiger charge is -2.39. The van der Waals surface area contributed by atoms with E-state index in [2.05, 4.69) is 41.1 Å². The Morgan fingerprint density at radius 3 is 2.56 bits per heavy atom. The van der Waals surface area contributed by atoms with Crippen LogP contribution in [0.25, 0.3) is 11.1 Å². The first-order chi connectivity index (χ1) is 12.1. The van der Waals surface area contributed by atoms with Crippen molar-refractivity contribution in [3.63, 3.8) is 0 Å². The van der Waals surface area contributed by atoms with Crippen molar-refractivity contribution in [1.82, 2.24) is 0 Å². The Bertz CT molecular complexity index is 774. The van der Waals surface area contributed by atoms with Crippen LogP contribution in [-0.2, 0) is 4.79 Å². The minimum absolute atomic E-state index is 0.260. The molecule has 2 aromatic carbocycles. The maximum absolute atomic E-state index is 11.1. The summed E-state index contributed by atoms with van der Waals surface area (Å²) >= 11 is 0. The topological polar surface area (TPSA) is 78.9 Å². The van der Waals surface area contributed by atoms with Gasteiger partial charge >= 0.3 is 5.97 Å². The zero-order valence-electron chi connectivity index (χ0n) is 14.3. The Morgan fingerprint density at radius 1 is 1.16 bits per heavy atom. The summed E-state index contributed by atoms with van der Waals surface area (Å²) in [6.07, 6.45) is 1.57.